The number of benzene rings is 1. The van der Waals surface area contributed by atoms with Crippen LogP contribution >= 0.6 is 0 Å². The number of carbonyl (C=O) groups excluding carboxylic acids is 1. The molecule has 0 unspecified atom stereocenters. The minimum Gasteiger partial charge on any atom is -0.491 e. The Morgan fingerprint density at radius 2 is 1.80 bits per heavy atom. The molecule has 0 aliphatic carbocycles. The zero-order valence-corrected chi connectivity index (χ0v) is 24.9. The molecule has 2 bridgehead atoms. The molecule has 5 aromatic rings. The first-order valence-electron chi connectivity index (χ1n) is 14.1. The molecule has 232 valence electrons. The number of aromatic nitrogens is 7. The molecule has 2 aliphatic rings. The van der Waals surface area contributed by atoms with E-state index in [0.29, 0.717) is 41.0 Å². The average molecular weight is 636 g/mol. The minimum absolute atomic E-state index is 0.0648. The maximum absolute atomic E-state index is 14.3. The van der Waals surface area contributed by atoms with Gasteiger partial charge in [-0.3, -0.25) is 9.78 Å². The van der Waals surface area contributed by atoms with Crippen LogP contribution in [0.1, 0.15) is 47.9 Å². The van der Waals surface area contributed by atoms with E-state index in [2.05, 4.69) is 25.3 Å². The summed E-state index contributed by atoms with van der Waals surface area (Å²) in [6.45, 7) is 0. The van der Waals surface area contributed by atoms with E-state index in [4.69, 9.17) is 15.5 Å². The summed E-state index contributed by atoms with van der Waals surface area (Å²) in [7, 11) is -2.64. The molecule has 7 rings (SSSR count). The number of anilines is 1. The molecular formula is C29H27F2N9O4S. The third-order valence-corrected chi connectivity index (χ3v) is 9.74. The number of piperidine rings is 1. The van der Waals surface area contributed by atoms with Gasteiger partial charge in [-0.15, -0.1) is 10.2 Å². The van der Waals surface area contributed by atoms with Crippen molar-refractivity contribution >= 4 is 27.2 Å². The summed E-state index contributed by atoms with van der Waals surface area (Å²) in [4.78, 5) is 26.9. The van der Waals surface area contributed by atoms with Crippen molar-refractivity contribution in [2.24, 2.45) is 0 Å². The number of rotatable bonds is 6. The number of sulfone groups is 1. The number of fused-ring (bicyclic) bond motifs is 3. The van der Waals surface area contributed by atoms with Gasteiger partial charge in [-0.2, -0.15) is 9.61 Å². The number of hydrogen-bond donors (Lipinski definition) is 2. The summed E-state index contributed by atoms with van der Waals surface area (Å²) in [6, 6.07) is 5.32. The van der Waals surface area contributed by atoms with Crippen molar-refractivity contribution in [2.75, 3.05) is 19.1 Å². The van der Waals surface area contributed by atoms with Gasteiger partial charge < -0.3 is 20.4 Å². The molecule has 0 spiro atoms. The first-order chi connectivity index (χ1) is 21.5. The predicted octanol–water partition coefficient (Wildman–Crippen LogP) is 3.40. The molecule has 16 heteroatoms. The van der Waals surface area contributed by atoms with Gasteiger partial charge in [0, 0.05) is 47.1 Å². The second-order valence-corrected chi connectivity index (χ2v) is 13.2. The van der Waals surface area contributed by atoms with Crippen LogP contribution in [0.2, 0.25) is 0 Å². The Kier molecular flexibility index (Phi) is 6.76. The molecule has 6 heterocycles. The summed E-state index contributed by atoms with van der Waals surface area (Å²) >= 11 is 0. The highest BCUT2D eigenvalue weighted by molar-refractivity contribution is 7.91. The number of nitrogens with zero attached hydrogens (tertiary/aromatic N) is 7. The highest BCUT2D eigenvalue weighted by Gasteiger charge is 2.46. The Hall–Kier alpha value is -4.99. The van der Waals surface area contributed by atoms with Crippen LogP contribution in [0.15, 0.2) is 47.9 Å². The van der Waals surface area contributed by atoms with Crippen molar-refractivity contribution in [3.05, 3.63) is 66.1 Å². The summed E-state index contributed by atoms with van der Waals surface area (Å²) in [5.41, 5.74) is 8.82. The standard InChI is InChI=1S/C29H27F2N9O4S/c1-44-24-20(30)9-15(10-21(24)31)22-6-3-14(11-33-22)19-12-36-40-26(32)25(45(2,42)43)23(37-28(19)40)16-7-17-4-5-18(8-16)39(17)29(41)27-34-13-35-38-27/h3,6,9-13,16-18H,4-5,7-8,32H2,1-2H3,(H,34,35,38)/t16-,17+,18-. The minimum atomic E-state index is -3.82. The Morgan fingerprint density at radius 3 is 2.38 bits per heavy atom. The summed E-state index contributed by atoms with van der Waals surface area (Å²) in [5.74, 6) is -2.61. The van der Waals surface area contributed by atoms with Crippen LogP contribution in [0.3, 0.4) is 0 Å². The van der Waals surface area contributed by atoms with Gasteiger partial charge in [0.1, 0.15) is 17.0 Å². The third-order valence-electron chi connectivity index (χ3n) is 8.58. The molecule has 0 radical (unpaired) electrons. The molecule has 1 amide bonds. The highest BCUT2D eigenvalue weighted by Crippen LogP contribution is 2.45. The largest absolute Gasteiger partial charge is 0.491 e. The molecule has 2 aliphatic heterocycles. The second kappa shape index (κ2) is 10.6. The van der Waals surface area contributed by atoms with E-state index in [-0.39, 0.29) is 46.0 Å². The Bertz CT molecular complexity index is 2030. The van der Waals surface area contributed by atoms with Crippen LogP contribution in [0, 0.1) is 11.6 Å². The van der Waals surface area contributed by atoms with Gasteiger partial charge in [0.05, 0.1) is 24.7 Å². The molecular weight excluding hydrogens is 608 g/mol. The van der Waals surface area contributed by atoms with E-state index in [0.717, 1.165) is 31.2 Å². The number of aromatic amines is 1. The Morgan fingerprint density at radius 1 is 1.09 bits per heavy atom. The number of H-pyrrole nitrogens is 1. The molecule has 4 aromatic heterocycles. The molecule has 2 fully saturated rings. The predicted molar refractivity (Wildman–Crippen MR) is 157 cm³/mol. The fraction of sp³-hybridized carbons (Fsp3) is 0.310. The number of pyridine rings is 1. The molecule has 1 aromatic carbocycles. The van der Waals surface area contributed by atoms with E-state index >= 15 is 0 Å². The van der Waals surface area contributed by atoms with Crippen molar-refractivity contribution in [2.45, 2.75) is 48.6 Å². The molecule has 45 heavy (non-hydrogen) atoms. The normalized spacial score (nSPS) is 19.7. The quantitative estimate of drug-likeness (QED) is 0.281. The van der Waals surface area contributed by atoms with E-state index < -0.39 is 27.2 Å². The van der Waals surface area contributed by atoms with Crippen molar-refractivity contribution in [1.82, 2.24) is 39.7 Å². The van der Waals surface area contributed by atoms with Gasteiger partial charge in [-0.1, -0.05) is 6.07 Å². The number of amides is 1. The summed E-state index contributed by atoms with van der Waals surface area (Å²) < 4.78 is 60.8. The monoisotopic (exact) mass is 635 g/mol. The number of hydrogen-bond acceptors (Lipinski definition) is 10. The lowest BCUT2D eigenvalue weighted by Gasteiger charge is -2.38. The Balaban J connectivity index is 1.26. The van der Waals surface area contributed by atoms with Gasteiger partial charge in [0.15, 0.2) is 32.9 Å². The fourth-order valence-electron chi connectivity index (χ4n) is 6.67. The van der Waals surface area contributed by atoms with Gasteiger partial charge >= 0.3 is 0 Å². The summed E-state index contributed by atoms with van der Waals surface area (Å²) in [6.07, 6.45) is 8.00. The first-order valence-corrected chi connectivity index (χ1v) is 16.0. The molecule has 0 saturated carbocycles. The zero-order chi connectivity index (χ0) is 31.6. The van der Waals surface area contributed by atoms with Crippen molar-refractivity contribution in [3.63, 3.8) is 0 Å². The third kappa shape index (κ3) is 4.75. The van der Waals surface area contributed by atoms with Crippen molar-refractivity contribution < 1.29 is 26.7 Å². The Labute approximate surface area is 255 Å². The lowest BCUT2D eigenvalue weighted by molar-refractivity contribution is 0.0556. The van der Waals surface area contributed by atoms with Crippen LogP contribution in [0.4, 0.5) is 14.6 Å². The molecule has 2 saturated heterocycles. The number of ether oxygens (including phenoxy) is 1. The topological polar surface area (TPSA) is 174 Å². The molecule has 3 atom stereocenters. The van der Waals surface area contributed by atoms with Crippen molar-refractivity contribution in [1.29, 1.82) is 0 Å². The maximum Gasteiger partial charge on any atom is 0.292 e. The summed E-state index contributed by atoms with van der Waals surface area (Å²) in [5, 5.41) is 11.9. The number of nitrogen functional groups attached to an aromatic ring is 1. The van der Waals surface area contributed by atoms with Crippen LogP contribution in [-0.2, 0) is 9.84 Å². The lowest BCUT2D eigenvalue weighted by Crippen LogP contribution is -2.46. The molecule has 3 N–H and O–H groups in total. The maximum atomic E-state index is 14.3. The number of halogens is 2. The van der Waals surface area contributed by atoms with E-state index in [9.17, 15) is 22.0 Å². The first kappa shape index (κ1) is 28.8. The SMILES string of the molecule is COc1c(F)cc(-c2ccc(-c3cnn4c(N)c(S(C)(=O)=O)c([C@H]5C[C@H]6CC[C@@H](C5)N6C(=O)c5nnc[nH]5)nc34)cn2)cc1F. The van der Waals surface area contributed by atoms with Crippen LogP contribution in [0.25, 0.3) is 28.0 Å². The van der Waals surface area contributed by atoms with Gasteiger partial charge in [-0.05, 0) is 43.9 Å². The number of methoxy groups -OCH3 is 1. The van der Waals surface area contributed by atoms with Gasteiger partial charge in [0.2, 0.25) is 5.82 Å². The van der Waals surface area contributed by atoms with E-state index in [1.807, 2.05) is 4.90 Å². The van der Waals surface area contributed by atoms with Crippen molar-refractivity contribution in [3.8, 4) is 28.1 Å². The van der Waals surface area contributed by atoms with Crippen LogP contribution < -0.4 is 10.5 Å². The highest BCUT2D eigenvalue weighted by atomic mass is 32.2. The second-order valence-electron chi connectivity index (χ2n) is 11.3. The number of carbonyl (C=O) groups is 1. The fourth-order valence-corrected chi connectivity index (χ4v) is 7.73. The zero-order valence-electron chi connectivity index (χ0n) is 24.1. The number of nitrogens with one attached hydrogen (secondary N) is 1. The van der Waals surface area contributed by atoms with E-state index in [1.165, 1.54) is 30.3 Å². The number of nitrogens with two attached hydrogens (primary N) is 1. The smallest absolute Gasteiger partial charge is 0.292 e. The van der Waals surface area contributed by atoms with Gasteiger partial charge in [-0.25, -0.2) is 22.2 Å². The molecule has 13 nitrogen and oxygen atoms in total. The van der Waals surface area contributed by atoms with E-state index in [1.54, 1.807) is 12.1 Å². The lowest BCUT2D eigenvalue weighted by atomic mass is 9.87. The average Bonchev–Trinajstić information content (AvgIpc) is 3.75. The van der Waals surface area contributed by atoms with Crippen LogP contribution in [-0.4, -0.2) is 79.4 Å². The van der Waals surface area contributed by atoms with Gasteiger partial charge in [0.25, 0.3) is 5.91 Å². The van der Waals surface area contributed by atoms with Crippen LogP contribution in [0.5, 0.6) is 5.75 Å².